The first-order chi connectivity index (χ1) is 5.84. The summed E-state index contributed by atoms with van der Waals surface area (Å²) < 4.78 is 0. The third-order valence-corrected chi connectivity index (χ3v) is 3.15. The smallest absolute Gasteiger partial charge is 0.00671 e. The standard InChI is InChI=1S/C11H23N/c1-2-3-7-10-8-5-4-6-9-11(10)12/h10-11H,2-9,12H2,1H3. The average molecular weight is 169 g/mol. The largest absolute Gasteiger partial charge is 0.327 e. The molecule has 1 saturated carbocycles. The Morgan fingerprint density at radius 2 is 1.92 bits per heavy atom. The van der Waals surface area contributed by atoms with Gasteiger partial charge in [0.1, 0.15) is 0 Å². The van der Waals surface area contributed by atoms with Crippen LogP contribution < -0.4 is 5.73 Å². The Balaban J connectivity index is 2.26. The SMILES string of the molecule is CCCCC1CCCCCC1N. The molecule has 1 rings (SSSR count). The molecule has 2 unspecified atom stereocenters. The van der Waals surface area contributed by atoms with Crippen LogP contribution in [0.4, 0.5) is 0 Å². The maximum absolute atomic E-state index is 6.12. The third kappa shape index (κ3) is 3.14. The predicted molar refractivity (Wildman–Crippen MR) is 54.1 cm³/mol. The van der Waals surface area contributed by atoms with Gasteiger partial charge in [-0.1, -0.05) is 39.0 Å². The van der Waals surface area contributed by atoms with Gasteiger partial charge in [0.05, 0.1) is 0 Å². The second-order valence-electron chi connectivity index (χ2n) is 4.20. The van der Waals surface area contributed by atoms with E-state index >= 15 is 0 Å². The third-order valence-electron chi connectivity index (χ3n) is 3.15. The summed E-state index contributed by atoms with van der Waals surface area (Å²) in [6.07, 6.45) is 10.9. The second kappa shape index (κ2) is 5.58. The highest BCUT2D eigenvalue weighted by atomic mass is 14.6. The molecule has 1 nitrogen and oxygen atoms in total. The number of nitrogens with two attached hydrogens (primary N) is 1. The average Bonchev–Trinajstić information content (AvgIpc) is 2.27. The summed E-state index contributed by atoms with van der Waals surface area (Å²) in [4.78, 5) is 0. The van der Waals surface area contributed by atoms with Gasteiger partial charge in [-0.2, -0.15) is 0 Å². The minimum absolute atomic E-state index is 0.513. The molecule has 1 aliphatic rings. The maximum Gasteiger partial charge on any atom is 0.00671 e. The van der Waals surface area contributed by atoms with Crippen molar-refractivity contribution in [2.45, 2.75) is 64.3 Å². The van der Waals surface area contributed by atoms with Crippen molar-refractivity contribution in [3.63, 3.8) is 0 Å². The molecule has 0 amide bonds. The van der Waals surface area contributed by atoms with Crippen LogP contribution in [0.2, 0.25) is 0 Å². The molecule has 2 atom stereocenters. The highest BCUT2D eigenvalue weighted by molar-refractivity contribution is 4.76. The van der Waals surface area contributed by atoms with E-state index in [1.165, 1.54) is 51.4 Å². The fourth-order valence-electron chi connectivity index (χ4n) is 2.24. The van der Waals surface area contributed by atoms with Crippen molar-refractivity contribution in [2.75, 3.05) is 0 Å². The molecule has 0 aromatic carbocycles. The van der Waals surface area contributed by atoms with E-state index < -0.39 is 0 Å². The van der Waals surface area contributed by atoms with Crippen molar-refractivity contribution in [2.24, 2.45) is 11.7 Å². The van der Waals surface area contributed by atoms with Crippen LogP contribution in [0.15, 0.2) is 0 Å². The fourth-order valence-corrected chi connectivity index (χ4v) is 2.24. The Bertz CT molecular complexity index is 112. The topological polar surface area (TPSA) is 26.0 Å². The summed E-state index contributed by atoms with van der Waals surface area (Å²) in [7, 11) is 0. The molecular weight excluding hydrogens is 146 g/mol. The fraction of sp³-hybridized carbons (Fsp3) is 1.00. The van der Waals surface area contributed by atoms with Gasteiger partial charge < -0.3 is 5.73 Å². The molecule has 0 aliphatic heterocycles. The van der Waals surface area contributed by atoms with E-state index in [2.05, 4.69) is 6.92 Å². The van der Waals surface area contributed by atoms with E-state index in [0.717, 1.165) is 5.92 Å². The molecule has 0 heterocycles. The van der Waals surface area contributed by atoms with E-state index in [1.54, 1.807) is 0 Å². The molecule has 12 heavy (non-hydrogen) atoms. The molecule has 0 spiro atoms. The molecule has 0 radical (unpaired) electrons. The van der Waals surface area contributed by atoms with Gasteiger partial charge in [0, 0.05) is 6.04 Å². The minimum atomic E-state index is 0.513. The zero-order valence-electron chi connectivity index (χ0n) is 8.39. The summed E-state index contributed by atoms with van der Waals surface area (Å²) in [6, 6.07) is 0.513. The lowest BCUT2D eigenvalue weighted by molar-refractivity contribution is 0.362. The van der Waals surface area contributed by atoms with Crippen molar-refractivity contribution < 1.29 is 0 Å². The Kier molecular flexibility index (Phi) is 4.67. The molecular formula is C11H23N. The molecule has 0 aromatic heterocycles. The van der Waals surface area contributed by atoms with E-state index in [-0.39, 0.29) is 0 Å². The van der Waals surface area contributed by atoms with Gasteiger partial charge in [-0.15, -0.1) is 0 Å². The van der Waals surface area contributed by atoms with E-state index in [4.69, 9.17) is 5.73 Å². The van der Waals surface area contributed by atoms with Gasteiger partial charge in [0.15, 0.2) is 0 Å². The normalized spacial score (nSPS) is 31.5. The maximum atomic E-state index is 6.12. The van der Waals surface area contributed by atoms with Crippen LogP contribution in [0.25, 0.3) is 0 Å². The number of hydrogen-bond acceptors (Lipinski definition) is 1. The van der Waals surface area contributed by atoms with Gasteiger partial charge >= 0.3 is 0 Å². The summed E-state index contributed by atoms with van der Waals surface area (Å²) in [5.41, 5.74) is 6.12. The highest BCUT2D eigenvalue weighted by Gasteiger charge is 2.19. The van der Waals surface area contributed by atoms with Crippen molar-refractivity contribution >= 4 is 0 Å². The van der Waals surface area contributed by atoms with E-state index in [9.17, 15) is 0 Å². The number of hydrogen-bond donors (Lipinski definition) is 1. The van der Waals surface area contributed by atoms with E-state index in [0.29, 0.717) is 6.04 Å². The molecule has 1 aliphatic carbocycles. The van der Waals surface area contributed by atoms with Gasteiger partial charge in [-0.3, -0.25) is 0 Å². The van der Waals surface area contributed by atoms with Crippen molar-refractivity contribution in [1.29, 1.82) is 0 Å². The van der Waals surface area contributed by atoms with Crippen LogP contribution in [0.3, 0.4) is 0 Å². The van der Waals surface area contributed by atoms with Crippen molar-refractivity contribution in [1.82, 2.24) is 0 Å². The highest BCUT2D eigenvalue weighted by Crippen LogP contribution is 2.25. The van der Waals surface area contributed by atoms with Crippen LogP contribution in [-0.4, -0.2) is 6.04 Å². The molecule has 0 aromatic rings. The molecule has 1 fully saturated rings. The zero-order valence-corrected chi connectivity index (χ0v) is 8.39. The Hall–Kier alpha value is -0.0400. The molecule has 0 saturated heterocycles. The summed E-state index contributed by atoms with van der Waals surface area (Å²) in [6.45, 7) is 2.27. The lowest BCUT2D eigenvalue weighted by atomic mass is 9.90. The quantitative estimate of drug-likeness (QED) is 0.645. The van der Waals surface area contributed by atoms with Crippen LogP contribution >= 0.6 is 0 Å². The van der Waals surface area contributed by atoms with Crippen molar-refractivity contribution in [3.05, 3.63) is 0 Å². The van der Waals surface area contributed by atoms with Crippen LogP contribution in [0.5, 0.6) is 0 Å². The molecule has 72 valence electrons. The lowest BCUT2D eigenvalue weighted by Gasteiger charge is -2.20. The van der Waals surface area contributed by atoms with E-state index in [1.807, 2.05) is 0 Å². The van der Waals surface area contributed by atoms with Gasteiger partial charge in [0.25, 0.3) is 0 Å². The zero-order chi connectivity index (χ0) is 8.81. The lowest BCUT2D eigenvalue weighted by Crippen LogP contribution is -2.28. The van der Waals surface area contributed by atoms with Gasteiger partial charge in [-0.05, 0) is 25.2 Å². The first-order valence-corrected chi connectivity index (χ1v) is 5.60. The summed E-state index contributed by atoms with van der Waals surface area (Å²) in [5.74, 6) is 0.840. The van der Waals surface area contributed by atoms with Gasteiger partial charge in [-0.25, -0.2) is 0 Å². The van der Waals surface area contributed by atoms with Crippen LogP contribution in [0, 0.1) is 5.92 Å². The molecule has 0 bridgehead atoms. The Labute approximate surface area is 76.7 Å². The van der Waals surface area contributed by atoms with Gasteiger partial charge in [0.2, 0.25) is 0 Å². The minimum Gasteiger partial charge on any atom is -0.327 e. The first kappa shape index (κ1) is 10.0. The molecule has 1 heteroatoms. The Morgan fingerprint density at radius 1 is 1.17 bits per heavy atom. The van der Waals surface area contributed by atoms with Crippen molar-refractivity contribution in [3.8, 4) is 0 Å². The monoisotopic (exact) mass is 169 g/mol. The number of rotatable bonds is 3. The number of unbranched alkanes of at least 4 members (excludes halogenated alkanes) is 1. The van der Waals surface area contributed by atoms with Crippen LogP contribution in [-0.2, 0) is 0 Å². The summed E-state index contributed by atoms with van der Waals surface area (Å²) >= 11 is 0. The second-order valence-corrected chi connectivity index (χ2v) is 4.20. The molecule has 2 N–H and O–H groups in total. The summed E-state index contributed by atoms with van der Waals surface area (Å²) in [5, 5.41) is 0. The predicted octanol–water partition coefficient (Wildman–Crippen LogP) is 3.08. The Morgan fingerprint density at radius 3 is 2.67 bits per heavy atom. The van der Waals surface area contributed by atoms with Crippen LogP contribution in [0.1, 0.15) is 58.3 Å². The first-order valence-electron chi connectivity index (χ1n) is 5.60.